The molecule has 0 spiro atoms. The Morgan fingerprint density at radius 3 is 2.39 bits per heavy atom. The number of hydrogen-bond acceptors (Lipinski definition) is 5. The van der Waals surface area contributed by atoms with Crippen molar-refractivity contribution in [1.82, 2.24) is 14.5 Å². The Morgan fingerprint density at radius 2 is 1.71 bits per heavy atom. The minimum Gasteiger partial charge on any atom is -0.497 e. The van der Waals surface area contributed by atoms with Crippen molar-refractivity contribution in [1.29, 1.82) is 0 Å². The molecule has 0 aliphatic carbocycles. The van der Waals surface area contributed by atoms with Crippen molar-refractivity contribution in [2.75, 3.05) is 21.3 Å². The zero-order chi connectivity index (χ0) is 19.7. The van der Waals surface area contributed by atoms with E-state index >= 15 is 0 Å². The Balaban J connectivity index is 1.69. The van der Waals surface area contributed by atoms with Crippen molar-refractivity contribution in [2.45, 2.75) is 13.0 Å². The molecule has 1 N–H and O–H groups in total. The summed E-state index contributed by atoms with van der Waals surface area (Å²) in [5, 5.41) is 0.826. The zero-order valence-electron chi connectivity index (χ0n) is 16.0. The van der Waals surface area contributed by atoms with Gasteiger partial charge < -0.3 is 19.2 Å². The van der Waals surface area contributed by atoms with Crippen LogP contribution in [-0.2, 0) is 13.0 Å². The van der Waals surface area contributed by atoms with Crippen molar-refractivity contribution in [3.8, 4) is 17.2 Å². The maximum Gasteiger partial charge on any atom is 0.277 e. The summed E-state index contributed by atoms with van der Waals surface area (Å²) in [7, 11) is 4.80. The molecular weight excluding hydrogens is 358 g/mol. The van der Waals surface area contributed by atoms with Crippen LogP contribution in [-0.4, -0.2) is 35.9 Å². The lowest BCUT2D eigenvalue weighted by Crippen LogP contribution is -2.21. The van der Waals surface area contributed by atoms with E-state index in [0.29, 0.717) is 29.1 Å². The molecule has 0 amide bonds. The van der Waals surface area contributed by atoms with E-state index in [-0.39, 0.29) is 5.56 Å². The molecule has 0 saturated carbocycles. The molecule has 0 aliphatic heterocycles. The Kier molecular flexibility index (Phi) is 4.65. The highest BCUT2D eigenvalue weighted by atomic mass is 16.5. The monoisotopic (exact) mass is 379 g/mol. The molecule has 7 heteroatoms. The summed E-state index contributed by atoms with van der Waals surface area (Å²) in [4.78, 5) is 20.6. The number of ether oxygens (including phenoxy) is 3. The first kappa shape index (κ1) is 17.9. The summed E-state index contributed by atoms with van der Waals surface area (Å²) in [6.07, 6.45) is 2.32. The van der Waals surface area contributed by atoms with Crippen LogP contribution < -0.4 is 19.8 Å². The predicted molar refractivity (Wildman–Crippen MR) is 108 cm³/mol. The topological polar surface area (TPSA) is 78.4 Å². The van der Waals surface area contributed by atoms with E-state index in [4.69, 9.17) is 14.2 Å². The van der Waals surface area contributed by atoms with Gasteiger partial charge in [-0.3, -0.25) is 9.36 Å². The summed E-state index contributed by atoms with van der Waals surface area (Å²) in [6.45, 7) is 0.538. The van der Waals surface area contributed by atoms with Gasteiger partial charge in [-0.2, -0.15) is 0 Å². The van der Waals surface area contributed by atoms with E-state index in [1.807, 2.05) is 36.4 Å². The average molecular weight is 379 g/mol. The molecule has 4 aromatic rings. The molecule has 0 unspecified atom stereocenters. The molecule has 0 atom stereocenters. The number of aryl methyl sites for hydroxylation is 2. The first-order valence-corrected chi connectivity index (χ1v) is 8.90. The van der Waals surface area contributed by atoms with Gasteiger partial charge in [0.2, 0.25) is 0 Å². The second-order valence-corrected chi connectivity index (χ2v) is 6.44. The summed E-state index contributed by atoms with van der Waals surface area (Å²) < 4.78 is 17.5. The lowest BCUT2D eigenvalue weighted by Gasteiger charge is -2.07. The van der Waals surface area contributed by atoms with Crippen LogP contribution in [0.2, 0.25) is 0 Å². The third kappa shape index (κ3) is 3.05. The molecule has 2 heterocycles. The number of aromatic nitrogens is 3. The van der Waals surface area contributed by atoms with Gasteiger partial charge in [0, 0.05) is 18.0 Å². The standard InChI is InChI=1S/C21H21N3O4/c1-26-14-6-4-13(5-7-14)8-9-24-12-22-19-15-10-17(27-2)18(28-3)11-16(15)23-20(19)21(24)25/h4-7,10-12,23H,8-9H2,1-3H3. The molecule has 0 aliphatic rings. The minimum absolute atomic E-state index is 0.104. The van der Waals surface area contributed by atoms with Crippen LogP contribution in [0.1, 0.15) is 5.56 Å². The summed E-state index contributed by atoms with van der Waals surface area (Å²) in [5.74, 6) is 2.01. The Morgan fingerprint density at radius 1 is 1.00 bits per heavy atom. The average Bonchev–Trinajstić information content (AvgIpc) is 3.11. The largest absolute Gasteiger partial charge is 0.497 e. The fourth-order valence-corrected chi connectivity index (χ4v) is 3.32. The lowest BCUT2D eigenvalue weighted by molar-refractivity contribution is 0.356. The highest BCUT2D eigenvalue weighted by molar-refractivity contribution is 6.05. The summed E-state index contributed by atoms with van der Waals surface area (Å²) >= 11 is 0. The third-order valence-electron chi connectivity index (χ3n) is 4.88. The third-order valence-corrected chi connectivity index (χ3v) is 4.88. The first-order valence-electron chi connectivity index (χ1n) is 8.90. The molecule has 144 valence electrons. The van der Waals surface area contributed by atoms with Crippen LogP contribution in [0.15, 0.2) is 47.5 Å². The molecule has 0 saturated heterocycles. The molecule has 4 rings (SSSR count). The van der Waals surface area contributed by atoms with Crippen LogP contribution in [0.25, 0.3) is 21.9 Å². The van der Waals surface area contributed by atoms with Crippen LogP contribution in [0, 0.1) is 0 Å². The van der Waals surface area contributed by atoms with Gasteiger partial charge in [-0.05, 0) is 30.2 Å². The van der Waals surface area contributed by atoms with E-state index in [9.17, 15) is 4.79 Å². The number of H-pyrrole nitrogens is 1. The number of benzene rings is 2. The maximum absolute atomic E-state index is 12.9. The van der Waals surface area contributed by atoms with Crippen molar-refractivity contribution in [2.24, 2.45) is 0 Å². The molecule has 0 fully saturated rings. The van der Waals surface area contributed by atoms with Crippen LogP contribution in [0.3, 0.4) is 0 Å². The van der Waals surface area contributed by atoms with Gasteiger partial charge >= 0.3 is 0 Å². The number of nitrogens with zero attached hydrogens (tertiary/aromatic N) is 2. The highest BCUT2D eigenvalue weighted by Crippen LogP contribution is 2.34. The zero-order valence-corrected chi connectivity index (χ0v) is 16.0. The lowest BCUT2D eigenvalue weighted by atomic mass is 10.1. The van der Waals surface area contributed by atoms with Crippen molar-refractivity contribution in [3.05, 3.63) is 58.6 Å². The van der Waals surface area contributed by atoms with Crippen molar-refractivity contribution in [3.63, 3.8) is 0 Å². The van der Waals surface area contributed by atoms with Crippen molar-refractivity contribution < 1.29 is 14.2 Å². The molecule has 2 aromatic heterocycles. The summed E-state index contributed by atoms with van der Waals surface area (Å²) in [6, 6.07) is 11.5. The van der Waals surface area contributed by atoms with E-state index < -0.39 is 0 Å². The fourth-order valence-electron chi connectivity index (χ4n) is 3.32. The molecule has 0 bridgehead atoms. The van der Waals surface area contributed by atoms with Gasteiger partial charge in [0.25, 0.3) is 5.56 Å². The van der Waals surface area contributed by atoms with E-state index in [1.54, 1.807) is 32.2 Å². The van der Waals surface area contributed by atoms with Crippen LogP contribution >= 0.6 is 0 Å². The number of methoxy groups -OCH3 is 3. The van der Waals surface area contributed by atoms with Crippen LogP contribution in [0.5, 0.6) is 17.2 Å². The molecule has 0 radical (unpaired) electrons. The number of aromatic amines is 1. The van der Waals surface area contributed by atoms with Gasteiger partial charge in [-0.15, -0.1) is 0 Å². The number of rotatable bonds is 6. The molecule has 2 aromatic carbocycles. The summed E-state index contributed by atoms with van der Waals surface area (Å²) in [5.41, 5.74) is 2.90. The quantitative estimate of drug-likeness (QED) is 0.557. The fraction of sp³-hybridized carbons (Fsp3) is 0.238. The molecule has 7 nitrogen and oxygen atoms in total. The van der Waals surface area contributed by atoms with Gasteiger partial charge in [0.05, 0.1) is 33.2 Å². The molecule has 28 heavy (non-hydrogen) atoms. The molecular formula is C21H21N3O4. The number of hydrogen-bond donors (Lipinski definition) is 1. The number of nitrogens with one attached hydrogen (secondary N) is 1. The van der Waals surface area contributed by atoms with E-state index in [0.717, 1.165) is 28.6 Å². The Labute approximate surface area is 161 Å². The SMILES string of the molecule is COc1ccc(CCn2cnc3c([nH]c4cc(OC)c(OC)cc43)c2=O)cc1. The van der Waals surface area contributed by atoms with Gasteiger partial charge in [-0.1, -0.05) is 12.1 Å². The van der Waals surface area contributed by atoms with Gasteiger partial charge in [0.15, 0.2) is 11.5 Å². The second kappa shape index (κ2) is 7.26. The van der Waals surface area contributed by atoms with Gasteiger partial charge in [-0.25, -0.2) is 4.98 Å². The van der Waals surface area contributed by atoms with E-state index in [1.165, 1.54) is 0 Å². The Hall–Kier alpha value is -3.48. The minimum atomic E-state index is -0.104. The van der Waals surface area contributed by atoms with E-state index in [2.05, 4.69) is 9.97 Å². The highest BCUT2D eigenvalue weighted by Gasteiger charge is 2.14. The maximum atomic E-state index is 12.9. The normalized spacial score (nSPS) is 11.1. The number of fused-ring (bicyclic) bond motifs is 3. The second-order valence-electron chi connectivity index (χ2n) is 6.44. The van der Waals surface area contributed by atoms with Crippen LogP contribution in [0.4, 0.5) is 0 Å². The predicted octanol–water partition coefficient (Wildman–Crippen LogP) is 3.15. The smallest absolute Gasteiger partial charge is 0.277 e. The Bertz CT molecular complexity index is 1190. The van der Waals surface area contributed by atoms with Gasteiger partial charge in [0.1, 0.15) is 16.8 Å². The first-order chi connectivity index (χ1) is 13.6. The van der Waals surface area contributed by atoms with Crippen molar-refractivity contribution >= 4 is 21.9 Å².